The second kappa shape index (κ2) is 6.81. The number of carbonyl (C=O) groups is 1. The Hall–Kier alpha value is -1.04. The molecule has 21 heavy (non-hydrogen) atoms. The second-order valence-corrected chi connectivity index (χ2v) is 7.44. The Labute approximate surface area is 130 Å². The fourth-order valence-corrected chi connectivity index (χ4v) is 3.15. The highest BCUT2D eigenvalue weighted by Gasteiger charge is 2.23. The molecule has 0 radical (unpaired) electrons. The van der Waals surface area contributed by atoms with Gasteiger partial charge in [-0.25, -0.2) is 0 Å². The maximum Gasteiger partial charge on any atom is 0.238 e. The lowest BCUT2D eigenvalue weighted by molar-refractivity contribution is -0.122. The summed E-state index contributed by atoms with van der Waals surface area (Å²) in [5, 5.41) is 16.1. The van der Waals surface area contributed by atoms with Crippen LogP contribution in [0.5, 0.6) is 0 Å². The normalized spacial score (nSPS) is 20.3. The first-order valence-electron chi connectivity index (χ1n) is 7.25. The van der Waals surface area contributed by atoms with E-state index in [4.69, 9.17) is 0 Å². The van der Waals surface area contributed by atoms with Gasteiger partial charge < -0.3 is 10.4 Å². The lowest BCUT2D eigenvalue weighted by Crippen LogP contribution is -2.43. The molecule has 1 heterocycles. The molecule has 1 unspecified atom stereocenters. The fraction of sp³-hybridized carbons (Fsp3) is 0.562. The number of thioether (sulfide) groups is 1. The van der Waals surface area contributed by atoms with Gasteiger partial charge in [-0.3, -0.25) is 10.1 Å². The Balaban J connectivity index is 1.88. The van der Waals surface area contributed by atoms with Gasteiger partial charge in [0.05, 0.1) is 12.1 Å². The van der Waals surface area contributed by atoms with E-state index in [0.717, 1.165) is 17.2 Å². The van der Waals surface area contributed by atoms with Gasteiger partial charge in [-0.1, -0.05) is 45.0 Å². The van der Waals surface area contributed by atoms with Crippen molar-refractivity contribution in [1.82, 2.24) is 10.6 Å². The predicted octanol–water partition coefficient (Wildman–Crippen LogP) is 1.80. The molecule has 0 aromatic heterocycles. The van der Waals surface area contributed by atoms with Gasteiger partial charge >= 0.3 is 0 Å². The Bertz CT molecular complexity index is 476. The van der Waals surface area contributed by atoms with Gasteiger partial charge in [-0.15, -0.1) is 11.8 Å². The maximum atomic E-state index is 11.9. The molecule has 0 aliphatic carbocycles. The van der Waals surface area contributed by atoms with Crippen LogP contribution >= 0.6 is 11.8 Å². The van der Waals surface area contributed by atoms with Crippen LogP contribution in [0.3, 0.4) is 0 Å². The van der Waals surface area contributed by atoms with Gasteiger partial charge in [0, 0.05) is 18.2 Å². The lowest BCUT2D eigenvalue weighted by atomic mass is 9.86. The largest absolute Gasteiger partial charge is 0.387 e. The third-order valence-electron chi connectivity index (χ3n) is 3.66. The quantitative estimate of drug-likeness (QED) is 0.794. The number of hydrogen-bond donors (Lipinski definition) is 3. The number of benzene rings is 1. The summed E-state index contributed by atoms with van der Waals surface area (Å²) >= 11 is 1.71. The molecule has 0 saturated carbocycles. The number of aliphatic hydroxyl groups is 1. The molecule has 0 bridgehead atoms. The summed E-state index contributed by atoms with van der Waals surface area (Å²) in [5.41, 5.74) is 2.16. The van der Waals surface area contributed by atoms with E-state index in [1.165, 1.54) is 5.56 Å². The Morgan fingerprint density at radius 1 is 1.43 bits per heavy atom. The maximum absolute atomic E-state index is 11.9. The monoisotopic (exact) mass is 308 g/mol. The molecular formula is C16H24N2O2S. The van der Waals surface area contributed by atoms with E-state index in [1.807, 2.05) is 24.3 Å². The third-order valence-corrected chi connectivity index (χ3v) is 4.60. The van der Waals surface area contributed by atoms with Crippen molar-refractivity contribution in [2.45, 2.75) is 38.3 Å². The zero-order valence-corrected chi connectivity index (χ0v) is 13.7. The minimum Gasteiger partial charge on any atom is -0.387 e. The molecule has 4 nitrogen and oxygen atoms in total. The van der Waals surface area contributed by atoms with E-state index in [0.29, 0.717) is 0 Å². The standard InChI is InChI=1S/C16H24N2O2S/c1-16(2,3)12-6-4-11(5-7-12)14(19)8-17-15(20)13-9-21-10-18-13/h4-7,13-14,18-19H,8-10H2,1-3H3,(H,17,20)/t13-,14?/m1/s1. The van der Waals surface area contributed by atoms with E-state index in [9.17, 15) is 9.90 Å². The number of nitrogens with one attached hydrogen (secondary N) is 2. The van der Waals surface area contributed by atoms with Gasteiger partial charge in [0.25, 0.3) is 0 Å². The molecule has 5 heteroatoms. The topological polar surface area (TPSA) is 61.4 Å². The van der Waals surface area contributed by atoms with Crippen LogP contribution in [0.15, 0.2) is 24.3 Å². The SMILES string of the molecule is CC(C)(C)c1ccc(C(O)CNC(=O)[C@H]2CSCN2)cc1. The van der Waals surface area contributed by atoms with Crippen molar-refractivity contribution >= 4 is 17.7 Å². The third kappa shape index (κ3) is 4.46. The van der Waals surface area contributed by atoms with E-state index in [-0.39, 0.29) is 23.9 Å². The van der Waals surface area contributed by atoms with Crippen LogP contribution in [0.4, 0.5) is 0 Å². The smallest absolute Gasteiger partial charge is 0.238 e. The summed E-state index contributed by atoms with van der Waals surface area (Å²) in [6.07, 6.45) is -0.669. The van der Waals surface area contributed by atoms with E-state index < -0.39 is 6.10 Å². The number of rotatable bonds is 4. The van der Waals surface area contributed by atoms with Crippen molar-refractivity contribution in [2.75, 3.05) is 18.2 Å². The van der Waals surface area contributed by atoms with Crippen LogP contribution < -0.4 is 10.6 Å². The van der Waals surface area contributed by atoms with Crippen LogP contribution in [-0.4, -0.2) is 35.2 Å². The molecule has 1 aliphatic rings. The van der Waals surface area contributed by atoms with Crippen LogP contribution in [0.2, 0.25) is 0 Å². The highest BCUT2D eigenvalue weighted by molar-refractivity contribution is 7.99. The van der Waals surface area contributed by atoms with Gasteiger partial charge in [0.1, 0.15) is 0 Å². The fourth-order valence-electron chi connectivity index (χ4n) is 2.21. The van der Waals surface area contributed by atoms with Crippen LogP contribution in [0.1, 0.15) is 38.0 Å². The molecule has 116 valence electrons. The summed E-state index contributed by atoms with van der Waals surface area (Å²) in [4.78, 5) is 11.9. The first-order valence-corrected chi connectivity index (χ1v) is 8.41. The summed E-state index contributed by atoms with van der Waals surface area (Å²) in [6, 6.07) is 7.80. The average Bonchev–Trinajstić information content (AvgIpc) is 2.98. The van der Waals surface area contributed by atoms with Gasteiger partial charge in [-0.05, 0) is 16.5 Å². The molecule has 1 aromatic rings. The molecule has 1 saturated heterocycles. The average molecular weight is 308 g/mol. The van der Waals surface area contributed by atoms with Gasteiger partial charge in [-0.2, -0.15) is 0 Å². The van der Waals surface area contributed by atoms with E-state index in [1.54, 1.807) is 11.8 Å². The number of aliphatic hydroxyl groups excluding tert-OH is 1. The molecule has 2 atom stereocenters. The Morgan fingerprint density at radius 3 is 2.62 bits per heavy atom. The highest BCUT2D eigenvalue weighted by atomic mass is 32.2. The van der Waals surface area contributed by atoms with Gasteiger partial charge in [0.15, 0.2) is 0 Å². The molecular weight excluding hydrogens is 284 g/mol. The molecule has 1 aromatic carbocycles. The summed E-state index contributed by atoms with van der Waals surface area (Å²) < 4.78 is 0. The van der Waals surface area contributed by atoms with Crippen molar-refractivity contribution in [3.05, 3.63) is 35.4 Å². The van der Waals surface area contributed by atoms with Crippen molar-refractivity contribution in [2.24, 2.45) is 0 Å². The minimum atomic E-state index is -0.669. The van der Waals surface area contributed by atoms with Crippen LogP contribution in [-0.2, 0) is 10.2 Å². The zero-order valence-electron chi connectivity index (χ0n) is 12.8. The second-order valence-electron chi connectivity index (χ2n) is 6.40. The van der Waals surface area contributed by atoms with Crippen molar-refractivity contribution < 1.29 is 9.90 Å². The van der Waals surface area contributed by atoms with Crippen molar-refractivity contribution in [3.63, 3.8) is 0 Å². The summed E-state index contributed by atoms with van der Waals surface area (Å²) in [6.45, 7) is 6.72. The van der Waals surface area contributed by atoms with E-state index >= 15 is 0 Å². The Kier molecular flexibility index (Phi) is 5.30. The predicted molar refractivity (Wildman–Crippen MR) is 87.4 cm³/mol. The zero-order chi connectivity index (χ0) is 15.5. The molecule has 1 aliphatic heterocycles. The molecule has 0 spiro atoms. The molecule has 1 fully saturated rings. The lowest BCUT2D eigenvalue weighted by Gasteiger charge is -2.20. The summed E-state index contributed by atoms with van der Waals surface area (Å²) in [7, 11) is 0. The molecule has 1 amide bonds. The first kappa shape index (κ1) is 16.3. The molecule has 2 rings (SSSR count). The number of carbonyl (C=O) groups excluding carboxylic acids is 1. The summed E-state index contributed by atoms with van der Waals surface area (Å²) in [5.74, 6) is 1.57. The number of amides is 1. The minimum absolute atomic E-state index is 0.0367. The van der Waals surface area contributed by atoms with E-state index in [2.05, 4.69) is 31.4 Å². The Morgan fingerprint density at radius 2 is 2.10 bits per heavy atom. The first-order chi connectivity index (χ1) is 9.88. The van der Waals surface area contributed by atoms with Crippen LogP contribution in [0.25, 0.3) is 0 Å². The molecule has 3 N–H and O–H groups in total. The van der Waals surface area contributed by atoms with Crippen molar-refractivity contribution in [1.29, 1.82) is 0 Å². The number of hydrogen-bond acceptors (Lipinski definition) is 4. The van der Waals surface area contributed by atoms with Crippen molar-refractivity contribution in [3.8, 4) is 0 Å². The van der Waals surface area contributed by atoms with Gasteiger partial charge in [0.2, 0.25) is 5.91 Å². The highest BCUT2D eigenvalue weighted by Crippen LogP contribution is 2.23. The van der Waals surface area contributed by atoms with Crippen LogP contribution in [0, 0.1) is 0 Å².